The number of benzene rings is 2. The number of carbonyl (C=O) groups excluding carboxylic acids is 1. The molecule has 0 saturated carbocycles. The van der Waals surface area contributed by atoms with E-state index < -0.39 is 0 Å². The van der Waals surface area contributed by atoms with E-state index in [4.69, 9.17) is 9.47 Å². The van der Waals surface area contributed by atoms with Gasteiger partial charge in [-0.25, -0.2) is 4.98 Å². The summed E-state index contributed by atoms with van der Waals surface area (Å²) in [4.78, 5) is 16.7. The molecule has 0 aliphatic heterocycles. The quantitative estimate of drug-likeness (QED) is 0.783. The second-order valence-corrected chi connectivity index (χ2v) is 5.00. The third kappa shape index (κ3) is 3.08. The van der Waals surface area contributed by atoms with E-state index in [2.05, 4.69) is 10.3 Å². The number of nitrogens with one attached hydrogen (secondary N) is 1. The van der Waals surface area contributed by atoms with Crippen LogP contribution in [0.2, 0.25) is 0 Å². The first kappa shape index (κ1) is 15.6. The molecule has 0 bridgehead atoms. The predicted molar refractivity (Wildman–Crippen MR) is 91.1 cm³/mol. The number of hydrogen-bond acceptors (Lipinski definition) is 4. The molecule has 3 aromatic rings. The largest absolute Gasteiger partial charge is 0.497 e. The van der Waals surface area contributed by atoms with Crippen LogP contribution in [0.15, 0.2) is 61.1 Å². The fourth-order valence-corrected chi connectivity index (χ4v) is 2.35. The van der Waals surface area contributed by atoms with Gasteiger partial charge in [0.05, 0.1) is 32.4 Å². The highest BCUT2D eigenvalue weighted by molar-refractivity contribution is 6.04. The first-order valence-corrected chi connectivity index (χ1v) is 7.34. The van der Waals surface area contributed by atoms with Gasteiger partial charge in [-0.1, -0.05) is 18.2 Å². The summed E-state index contributed by atoms with van der Waals surface area (Å²) >= 11 is 0. The third-order valence-corrected chi connectivity index (χ3v) is 3.56. The predicted octanol–water partition coefficient (Wildman–Crippen LogP) is 3.14. The average Bonchev–Trinajstić information content (AvgIpc) is 3.12. The Bertz CT molecular complexity index is 844. The summed E-state index contributed by atoms with van der Waals surface area (Å²) in [6.07, 6.45) is 3.13. The minimum absolute atomic E-state index is 0.278. The average molecular weight is 323 g/mol. The number of methoxy groups -OCH3 is 2. The molecule has 122 valence electrons. The number of ether oxygens (including phenoxy) is 2. The summed E-state index contributed by atoms with van der Waals surface area (Å²) in [5.41, 5.74) is 1.85. The van der Waals surface area contributed by atoms with Crippen molar-refractivity contribution in [3.8, 4) is 17.2 Å². The van der Waals surface area contributed by atoms with Crippen LogP contribution in [0.4, 0.5) is 5.69 Å². The van der Waals surface area contributed by atoms with E-state index in [9.17, 15) is 4.79 Å². The molecule has 6 nitrogen and oxygen atoms in total. The van der Waals surface area contributed by atoms with Crippen molar-refractivity contribution in [2.45, 2.75) is 0 Å². The molecular weight excluding hydrogens is 306 g/mol. The van der Waals surface area contributed by atoms with Crippen LogP contribution in [-0.2, 0) is 0 Å². The minimum atomic E-state index is -0.278. The van der Waals surface area contributed by atoms with E-state index in [-0.39, 0.29) is 5.91 Å². The molecule has 1 aromatic heterocycles. The van der Waals surface area contributed by atoms with Gasteiger partial charge < -0.3 is 14.8 Å². The highest BCUT2D eigenvalue weighted by atomic mass is 16.5. The Hall–Kier alpha value is -3.28. The maximum absolute atomic E-state index is 12.6. The lowest BCUT2D eigenvalue weighted by Crippen LogP contribution is -2.16. The van der Waals surface area contributed by atoms with Gasteiger partial charge in [0.1, 0.15) is 17.2 Å². The summed E-state index contributed by atoms with van der Waals surface area (Å²) in [7, 11) is 3.12. The number of amides is 1. The molecule has 1 heterocycles. The minimum Gasteiger partial charge on any atom is -0.497 e. The van der Waals surface area contributed by atoms with Crippen molar-refractivity contribution in [1.29, 1.82) is 0 Å². The SMILES string of the molecule is COc1ccc(NC(=O)c2cncn2-c2ccccc2)c(OC)c1. The third-order valence-electron chi connectivity index (χ3n) is 3.56. The molecule has 0 fully saturated rings. The van der Waals surface area contributed by atoms with Gasteiger partial charge in [-0.05, 0) is 24.3 Å². The number of nitrogens with zero attached hydrogens (tertiary/aromatic N) is 2. The molecular formula is C18H17N3O3. The fourth-order valence-electron chi connectivity index (χ4n) is 2.35. The van der Waals surface area contributed by atoms with Gasteiger partial charge in [0.2, 0.25) is 0 Å². The summed E-state index contributed by atoms with van der Waals surface area (Å²) in [5.74, 6) is 0.896. The van der Waals surface area contributed by atoms with Gasteiger partial charge in [0.15, 0.2) is 0 Å². The zero-order valence-corrected chi connectivity index (χ0v) is 13.4. The highest BCUT2D eigenvalue weighted by Gasteiger charge is 2.15. The second kappa shape index (κ2) is 6.87. The van der Waals surface area contributed by atoms with Crippen molar-refractivity contribution in [1.82, 2.24) is 9.55 Å². The van der Waals surface area contributed by atoms with Gasteiger partial charge in [-0.15, -0.1) is 0 Å². The summed E-state index contributed by atoms with van der Waals surface area (Å²) < 4.78 is 12.2. The first-order chi connectivity index (χ1) is 11.7. The monoisotopic (exact) mass is 323 g/mol. The van der Waals surface area contributed by atoms with Crippen LogP contribution in [-0.4, -0.2) is 29.7 Å². The molecule has 0 atom stereocenters. The molecule has 2 aromatic carbocycles. The second-order valence-electron chi connectivity index (χ2n) is 5.00. The maximum atomic E-state index is 12.6. The van der Waals surface area contributed by atoms with Crippen LogP contribution < -0.4 is 14.8 Å². The summed E-state index contributed by atoms with van der Waals surface area (Å²) in [6.45, 7) is 0. The molecule has 0 unspecified atom stereocenters. The van der Waals surface area contributed by atoms with Gasteiger partial charge in [0, 0.05) is 11.8 Å². The van der Waals surface area contributed by atoms with Gasteiger partial charge >= 0.3 is 0 Å². The van der Waals surface area contributed by atoms with Crippen molar-refractivity contribution in [3.63, 3.8) is 0 Å². The van der Waals surface area contributed by atoms with Crippen LogP contribution in [0.25, 0.3) is 5.69 Å². The molecule has 1 amide bonds. The topological polar surface area (TPSA) is 65.4 Å². The van der Waals surface area contributed by atoms with Crippen molar-refractivity contribution in [2.75, 3.05) is 19.5 Å². The van der Waals surface area contributed by atoms with Crippen molar-refractivity contribution >= 4 is 11.6 Å². The lowest BCUT2D eigenvalue weighted by atomic mass is 10.2. The molecule has 0 saturated heterocycles. The number of hydrogen-bond donors (Lipinski definition) is 1. The zero-order valence-electron chi connectivity index (χ0n) is 13.4. The number of imidazole rings is 1. The molecule has 3 rings (SSSR count). The number of aromatic nitrogens is 2. The normalized spacial score (nSPS) is 10.2. The molecule has 0 aliphatic carbocycles. The molecule has 0 spiro atoms. The Morgan fingerprint density at radius 3 is 2.58 bits per heavy atom. The highest BCUT2D eigenvalue weighted by Crippen LogP contribution is 2.29. The van der Waals surface area contributed by atoms with Gasteiger partial charge in [0.25, 0.3) is 5.91 Å². The van der Waals surface area contributed by atoms with Crippen LogP contribution >= 0.6 is 0 Å². The zero-order chi connectivity index (χ0) is 16.9. The summed E-state index contributed by atoms with van der Waals surface area (Å²) in [6, 6.07) is 14.8. The molecule has 6 heteroatoms. The van der Waals surface area contributed by atoms with Crippen molar-refractivity contribution in [2.24, 2.45) is 0 Å². The fraction of sp³-hybridized carbons (Fsp3) is 0.111. The maximum Gasteiger partial charge on any atom is 0.274 e. The summed E-state index contributed by atoms with van der Waals surface area (Å²) in [5, 5.41) is 2.84. The Balaban J connectivity index is 1.88. The molecule has 1 N–H and O–H groups in total. The smallest absolute Gasteiger partial charge is 0.274 e. The van der Waals surface area contributed by atoms with E-state index in [0.717, 1.165) is 5.69 Å². The van der Waals surface area contributed by atoms with Gasteiger partial charge in [-0.3, -0.25) is 9.36 Å². The number of carbonyl (C=O) groups is 1. The van der Waals surface area contributed by atoms with Crippen LogP contribution in [0.5, 0.6) is 11.5 Å². The van der Waals surface area contributed by atoms with E-state index in [1.54, 1.807) is 43.3 Å². The standard InChI is InChI=1S/C18H17N3O3/c1-23-14-8-9-15(17(10-14)24-2)20-18(22)16-11-19-12-21(16)13-6-4-3-5-7-13/h3-12H,1-2H3,(H,20,22). The van der Waals surface area contributed by atoms with Crippen LogP contribution in [0.1, 0.15) is 10.5 Å². The van der Waals surface area contributed by atoms with E-state index in [1.165, 1.54) is 6.20 Å². The molecule has 0 radical (unpaired) electrons. The number of rotatable bonds is 5. The van der Waals surface area contributed by atoms with Crippen LogP contribution in [0, 0.1) is 0 Å². The van der Waals surface area contributed by atoms with Crippen LogP contribution in [0.3, 0.4) is 0 Å². The lowest BCUT2D eigenvalue weighted by molar-refractivity contribution is 0.102. The lowest BCUT2D eigenvalue weighted by Gasteiger charge is -2.12. The van der Waals surface area contributed by atoms with Gasteiger partial charge in [-0.2, -0.15) is 0 Å². The van der Waals surface area contributed by atoms with Crippen molar-refractivity contribution in [3.05, 3.63) is 66.7 Å². The molecule has 0 aliphatic rings. The number of anilines is 1. The van der Waals surface area contributed by atoms with E-state index in [0.29, 0.717) is 22.9 Å². The first-order valence-electron chi connectivity index (χ1n) is 7.34. The Morgan fingerprint density at radius 2 is 1.88 bits per heavy atom. The Labute approximate surface area is 139 Å². The Morgan fingerprint density at radius 1 is 1.08 bits per heavy atom. The van der Waals surface area contributed by atoms with E-state index in [1.807, 2.05) is 30.3 Å². The van der Waals surface area contributed by atoms with E-state index >= 15 is 0 Å². The number of para-hydroxylation sites is 1. The Kier molecular flexibility index (Phi) is 4.47. The van der Waals surface area contributed by atoms with Crippen molar-refractivity contribution < 1.29 is 14.3 Å². The molecule has 24 heavy (non-hydrogen) atoms.